The molecule has 0 amide bonds. The van der Waals surface area contributed by atoms with Crippen molar-refractivity contribution in [1.82, 2.24) is 0 Å². The average molecular weight is 269 g/mol. The molecule has 0 heterocycles. The third-order valence-corrected chi connectivity index (χ3v) is 2.74. The molecule has 0 saturated carbocycles. The van der Waals surface area contributed by atoms with E-state index in [2.05, 4.69) is 15.9 Å². The van der Waals surface area contributed by atoms with Crippen molar-refractivity contribution in [2.45, 2.75) is 0 Å². The normalized spacial score (nSPS) is 9.92. The zero-order chi connectivity index (χ0) is 10.0. The minimum atomic E-state index is -0.599. The summed E-state index contributed by atoms with van der Waals surface area (Å²) in [6, 6.07) is 1.44. The van der Waals surface area contributed by atoms with Gasteiger partial charge in [-0.05, 0) is 22.0 Å². The van der Waals surface area contributed by atoms with Crippen LogP contribution < -0.4 is 9.47 Å². The van der Waals surface area contributed by atoms with Crippen LogP contribution >= 0.6 is 27.5 Å². The number of rotatable bonds is 2. The molecule has 72 valence electrons. The molecule has 1 rings (SSSR count). The largest absolute Gasteiger partial charge is 0.493 e. The summed E-state index contributed by atoms with van der Waals surface area (Å²) in [4.78, 5) is 0. The van der Waals surface area contributed by atoms with E-state index in [1.54, 1.807) is 0 Å². The maximum atomic E-state index is 13.4. The molecule has 5 heteroatoms. The van der Waals surface area contributed by atoms with E-state index in [0.29, 0.717) is 4.47 Å². The molecule has 0 radical (unpaired) electrons. The van der Waals surface area contributed by atoms with Gasteiger partial charge in [0.1, 0.15) is 5.02 Å². The standard InChI is InChI=1S/C8H7BrClFO2/c1-12-5-3-4(9)6(10)8(13-2)7(5)11/h3H,1-2H3. The highest BCUT2D eigenvalue weighted by molar-refractivity contribution is 9.10. The van der Waals surface area contributed by atoms with Gasteiger partial charge in [0.2, 0.25) is 5.82 Å². The lowest BCUT2D eigenvalue weighted by atomic mass is 10.3. The van der Waals surface area contributed by atoms with Gasteiger partial charge in [-0.15, -0.1) is 0 Å². The monoisotopic (exact) mass is 268 g/mol. The first-order valence-corrected chi connectivity index (χ1v) is 4.54. The van der Waals surface area contributed by atoms with Gasteiger partial charge < -0.3 is 9.47 Å². The molecule has 0 atom stereocenters. The Morgan fingerprint density at radius 1 is 1.38 bits per heavy atom. The van der Waals surface area contributed by atoms with Crippen LogP contribution in [-0.4, -0.2) is 14.2 Å². The molecule has 0 aromatic heterocycles. The van der Waals surface area contributed by atoms with Crippen molar-refractivity contribution in [2.75, 3.05) is 14.2 Å². The lowest BCUT2D eigenvalue weighted by Gasteiger charge is -2.09. The Balaban J connectivity index is 3.39. The lowest BCUT2D eigenvalue weighted by Crippen LogP contribution is -1.94. The fraction of sp³-hybridized carbons (Fsp3) is 0.250. The molecular weight excluding hydrogens is 262 g/mol. The van der Waals surface area contributed by atoms with Crippen LogP contribution in [0.2, 0.25) is 5.02 Å². The summed E-state index contributed by atoms with van der Waals surface area (Å²) in [6.45, 7) is 0. The SMILES string of the molecule is COc1cc(Br)c(Cl)c(OC)c1F. The Labute approximate surface area is 88.7 Å². The molecule has 0 saturated heterocycles. The van der Waals surface area contributed by atoms with Gasteiger partial charge >= 0.3 is 0 Å². The number of hydrogen-bond donors (Lipinski definition) is 0. The van der Waals surface area contributed by atoms with E-state index < -0.39 is 5.82 Å². The summed E-state index contributed by atoms with van der Waals surface area (Å²) in [6.07, 6.45) is 0. The Kier molecular flexibility index (Phi) is 3.39. The fourth-order valence-electron chi connectivity index (χ4n) is 0.886. The molecule has 1 aromatic rings. The molecule has 1 aromatic carbocycles. The van der Waals surface area contributed by atoms with Gasteiger partial charge in [0.25, 0.3) is 0 Å². The number of methoxy groups -OCH3 is 2. The van der Waals surface area contributed by atoms with E-state index in [9.17, 15) is 4.39 Å². The highest BCUT2D eigenvalue weighted by Crippen LogP contribution is 2.39. The van der Waals surface area contributed by atoms with Gasteiger partial charge in [-0.2, -0.15) is 4.39 Å². The highest BCUT2D eigenvalue weighted by atomic mass is 79.9. The van der Waals surface area contributed by atoms with Crippen LogP contribution in [0.1, 0.15) is 0 Å². The predicted octanol–water partition coefficient (Wildman–Crippen LogP) is 3.26. The molecule has 0 N–H and O–H groups in total. The average Bonchev–Trinajstić information content (AvgIpc) is 2.12. The summed E-state index contributed by atoms with van der Waals surface area (Å²) in [5, 5.41) is 0.195. The lowest BCUT2D eigenvalue weighted by molar-refractivity contribution is 0.350. The number of halogens is 3. The zero-order valence-corrected chi connectivity index (χ0v) is 9.37. The van der Waals surface area contributed by atoms with Crippen molar-refractivity contribution < 1.29 is 13.9 Å². The van der Waals surface area contributed by atoms with Gasteiger partial charge in [-0.25, -0.2) is 0 Å². The Morgan fingerprint density at radius 2 is 2.00 bits per heavy atom. The second-order valence-corrected chi connectivity index (χ2v) is 3.45. The summed E-state index contributed by atoms with van der Waals surface area (Å²) in [7, 11) is 2.72. The van der Waals surface area contributed by atoms with E-state index in [0.717, 1.165) is 0 Å². The van der Waals surface area contributed by atoms with Crippen LogP contribution in [0.3, 0.4) is 0 Å². The van der Waals surface area contributed by atoms with Crippen LogP contribution in [0.4, 0.5) is 4.39 Å². The third-order valence-electron chi connectivity index (χ3n) is 1.51. The van der Waals surface area contributed by atoms with E-state index in [1.807, 2.05) is 0 Å². The molecule has 13 heavy (non-hydrogen) atoms. The minimum absolute atomic E-state index is 0.0205. The van der Waals surface area contributed by atoms with Crippen molar-refractivity contribution >= 4 is 27.5 Å². The first kappa shape index (κ1) is 10.6. The molecular formula is C8H7BrClFO2. The minimum Gasteiger partial charge on any atom is -0.493 e. The number of ether oxygens (including phenoxy) is 2. The summed E-state index contributed by atoms with van der Waals surface area (Å²) in [5.74, 6) is -0.529. The van der Waals surface area contributed by atoms with Gasteiger partial charge in [-0.3, -0.25) is 0 Å². The van der Waals surface area contributed by atoms with Gasteiger partial charge in [0.05, 0.1) is 14.2 Å². The molecule has 0 bridgehead atoms. The first-order valence-electron chi connectivity index (χ1n) is 3.37. The van der Waals surface area contributed by atoms with E-state index >= 15 is 0 Å². The van der Waals surface area contributed by atoms with Crippen molar-refractivity contribution in [3.8, 4) is 11.5 Å². The van der Waals surface area contributed by atoms with E-state index in [1.165, 1.54) is 20.3 Å². The molecule has 0 spiro atoms. The summed E-state index contributed by atoms with van der Waals surface area (Å²) >= 11 is 8.91. The van der Waals surface area contributed by atoms with E-state index in [-0.39, 0.29) is 16.5 Å². The van der Waals surface area contributed by atoms with Crippen LogP contribution in [-0.2, 0) is 0 Å². The van der Waals surface area contributed by atoms with Crippen molar-refractivity contribution in [3.63, 3.8) is 0 Å². The maximum absolute atomic E-state index is 13.4. The predicted molar refractivity (Wildman–Crippen MR) is 52.2 cm³/mol. The third kappa shape index (κ3) is 1.89. The first-order chi connectivity index (χ1) is 6.11. The Hall–Kier alpha value is -0.480. The number of hydrogen-bond acceptors (Lipinski definition) is 2. The quantitative estimate of drug-likeness (QED) is 0.767. The second kappa shape index (κ2) is 4.15. The fourth-order valence-corrected chi connectivity index (χ4v) is 1.49. The Bertz CT molecular complexity index is 330. The van der Waals surface area contributed by atoms with Gasteiger partial charge in [0, 0.05) is 4.47 Å². The van der Waals surface area contributed by atoms with Crippen LogP contribution in [0, 0.1) is 5.82 Å². The van der Waals surface area contributed by atoms with E-state index in [4.69, 9.17) is 21.1 Å². The smallest absolute Gasteiger partial charge is 0.208 e. The molecule has 2 nitrogen and oxygen atoms in total. The molecule has 0 aliphatic heterocycles. The van der Waals surface area contributed by atoms with Crippen LogP contribution in [0.15, 0.2) is 10.5 Å². The van der Waals surface area contributed by atoms with Gasteiger partial charge in [-0.1, -0.05) is 11.6 Å². The maximum Gasteiger partial charge on any atom is 0.208 e. The van der Waals surface area contributed by atoms with Gasteiger partial charge in [0.15, 0.2) is 11.5 Å². The molecule has 0 aliphatic rings. The second-order valence-electron chi connectivity index (χ2n) is 2.22. The summed E-state index contributed by atoms with van der Waals surface area (Å²) in [5.41, 5.74) is 0. The van der Waals surface area contributed by atoms with Crippen molar-refractivity contribution in [1.29, 1.82) is 0 Å². The van der Waals surface area contributed by atoms with Crippen molar-refractivity contribution in [3.05, 3.63) is 21.4 Å². The molecule has 0 aliphatic carbocycles. The summed E-state index contributed by atoms with van der Waals surface area (Å²) < 4.78 is 23.5. The number of benzene rings is 1. The Morgan fingerprint density at radius 3 is 2.46 bits per heavy atom. The van der Waals surface area contributed by atoms with Crippen molar-refractivity contribution in [2.24, 2.45) is 0 Å². The van der Waals surface area contributed by atoms with Crippen LogP contribution in [0.25, 0.3) is 0 Å². The molecule has 0 fully saturated rings. The van der Waals surface area contributed by atoms with Crippen LogP contribution in [0.5, 0.6) is 11.5 Å². The zero-order valence-electron chi connectivity index (χ0n) is 7.03. The topological polar surface area (TPSA) is 18.5 Å². The molecule has 0 unspecified atom stereocenters. The highest BCUT2D eigenvalue weighted by Gasteiger charge is 2.16.